The van der Waals surface area contributed by atoms with Gasteiger partial charge in [0, 0.05) is 12.1 Å². The number of alkyl halides is 3. The molecule has 0 spiro atoms. The Bertz CT molecular complexity index is 1220. The van der Waals surface area contributed by atoms with Gasteiger partial charge < -0.3 is 43.2 Å². The van der Waals surface area contributed by atoms with E-state index in [0.29, 0.717) is 84.8 Å². The quantitative estimate of drug-likeness (QED) is 0.0597. The number of nitrogens with one attached hydrogen (secondary N) is 1. The van der Waals surface area contributed by atoms with Gasteiger partial charge in [-0.1, -0.05) is 63.6 Å². The van der Waals surface area contributed by atoms with Crippen molar-refractivity contribution in [2.45, 2.75) is 64.5 Å². The molecule has 0 radical (unpaired) electrons. The average Bonchev–Trinajstić information content (AvgIpc) is 3.13. The average molecular weight is 744 g/mol. The van der Waals surface area contributed by atoms with Crippen molar-refractivity contribution in [1.82, 2.24) is 0 Å². The Balaban J connectivity index is 1.33. The number of carbonyl (C=O) groups excluding carboxylic acids is 2. The summed E-state index contributed by atoms with van der Waals surface area (Å²) in [6.45, 7) is 6.95. The smallest absolute Gasteiger partial charge is 0.416 e. The number of anilines is 2. The topological polar surface area (TPSA) is 120 Å². The predicted molar refractivity (Wildman–Crippen MR) is 190 cm³/mol. The second kappa shape index (κ2) is 29.2. The first kappa shape index (κ1) is 44.9. The molecule has 0 fully saturated rings. The minimum absolute atomic E-state index is 0.00324. The Morgan fingerprint density at radius 2 is 1.06 bits per heavy atom. The van der Waals surface area contributed by atoms with Gasteiger partial charge in [-0.15, -0.1) is 0 Å². The summed E-state index contributed by atoms with van der Waals surface area (Å²) in [6.07, 6.45) is 4.17. The van der Waals surface area contributed by atoms with Crippen LogP contribution >= 0.6 is 0 Å². The van der Waals surface area contributed by atoms with Crippen molar-refractivity contribution < 1.29 is 60.7 Å². The van der Waals surface area contributed by atoms with Crippen LogP contribution in [-0.4, -0.2) is 104 Å². The van der Waals surface area contributed by atoms with E-state index in [1.807, 2.05) is 0 Å². The van der Waals surface area contributed by atoms with Crippen molar-refractivity contribution in [2.24, 2.45) is 0 Å². The first-order valence-electron chi connectivity index (χ1n) is 18.1. The zero-order chi connectivity index (χ0) is 37.5. The van der Waals surface area contributed by atoms with Crippen molar-refractivity contribution >= 4 is 23.3 Å². The van der Waals surface area contributed by atoms with Crippen molar-refractivity contribution in [1.29, 1.82) is 0 Å². The Morgan fingerprint density at radius 1 is 0.577 bits per heavy atom. The van der Waals surface area contributed by atoms with Crippen molar-refractivity contribution in [3.05, 3.63) is 59.7 Å². The minimum atomic E-state index is -4.48. The molecule has 294 valence electrons. The molecule has 52 heavy (non-hydrogen) atoms. The molecule has 2 rings (SSSR count). The summed E-state index contributed by atoms with van der Waals surface area (Å²) in [6, 6.07) is 11.1. The Kier molecular flexibility index (Phi) is 25.2. The zero-order valence-corrected chi connectivity index (χ0v) is 30.4. The molecule has 2 aromatic carbocycles. The number of ether oxygens (including phenoxy) is 8. The van der Waals surface area contributed by atoms with Gasteiger partial charge in [-0.05, 0) is 36.8 Å². The van der Waals surface area contributed by atoms with Crippen LogP contribution in [0.15, 0.2) is 48.5 Å². The molecule has 0 aromatic heterocycles. The third-order valence-electron chi connectivity index (χ3n) is 7.41. The second-order valence-corrected chi connectivity index (χ2v) is 11.7. The van der Waals surface area contributed by atoms with E-state index in [1.54, 1.807) is 18.2 Å². The summed E-state index contributed by atoms with van der Waals surface area (Å²) in [5.74, 6) is -0.794. The van der Waals surface area contributed by atoms with Crippen LogP contribution in [0.1, 0.15) is 74.2 Å². The fourth-order valence-corrected chi connectivity index (χ4v) is 4.68. The van der Waals surface area contributed by atoms with E-state index in [9.17, 15) is 22.8 Å². The molecule has 0 saturated heterocycles. The van der Waals surface area contributed by atoms with E-state index < -0.39 is 17.7 Å². The second-order valence-electron chi connectivity index (χ2n) is 11.7. The number of benzene rings is 2. The number of hydrogen-bond donors (Lipinski definition) is 1. The molecule has 2 aromatic rings. The van der Waals surface area contributed by atoms with Crippen LogP contribution in [0.3, 0.4) is 0 Å². The van der Waals surface area contributed by atoms with Crippen LogP contribution in [0.25, 0.3) is 0 Å². The van der Waals surface area contributed by atoms with Crippen LogP contribution in [0.2, 0.25) is 0 Å². The summed E-state index contributed by atoms with van der Waals surface area (Å²) < 4.78 is 82.2. The van der Waals surface area contributed by atoms with Crippen LogP contribution in [0, 0.1) is 0 Å². The molecule has 0 aliphatic carbocycles. The lowest BCUT2D eigenvalue weighted by atomic mass is 10.1. The highest BCUT2D eigenvalue weighted by Gasteiger charge is 2.30. The van der Waals surface area contributed by atoms with Crippen molar-refractivity contribution in [3.63, 3.8) is 0 Å². The predicted octanol–water partition coefficient (Wildman–Crippen LogP) is 7.39. The molecule has 0 unspecified atom stereocenters. The number of esters is 2. The van der Waals surface area contributed by atoms with E-state index in [1.165, 1.54) is 50.3 Å². The first-order chi connectivity index (χ1) is 25.3. The number of para-hydroxylation sites is 1. The van der Waals surface area contributed by atoms with Gasteiger partial charge in [0.15, 0.2) is 0 Å². The third-order valence-corrected chi connectivity index (χ3v) is 7.41. The largest absolute Gasteiger partial charge is 0.463 e. The highest BCUT2D eigenvalue weighted by atomic mass is 19.4. The molecule has 0 atom stereocenters. The molecule has 0 aliphatic rings. The molecule has 11 nitrogen and oxygen atoms in total. The zero-order valence-electron chi connectivity index (χ0n) is 30.4. The number of unbranched alkanes of at least 4 members (excludes halogenated alkanes) is 6. The van der Waals surface area contributed by atoms with Crippen molar-refractivity contribution in [2.75, 3.05) is 97.8 Å². The van der Waals surface area contributed by atoms with Gasteiger partial charge in [-0.25, -0.2) is 4.79 Å². The maximum absolute atomic E-state index is 13.0. The number of hydrogen-bond acceptors (Lipinski definition) is 11. The number of carbonyl (C=O) groups is 2. The molecular weight excluding hydrogens is 687 g/mol. The van der Waals surface area contributed by atoms with E-state index >= 15 is 0 Å². The summed E-state index contributed by atoms with van der Waals surface area (Å²) in [7, 11) is 0. The monoisotopic (exact) mass is 743 g/mol. The van der Waals surface area contributed by atoms with Crippen LogP contribution in [0.4, 0.5) is 24.5 Å². The molecule has 1 N–H and O–H groups in total. The molecule has 0 amide bonds. The molecular formula is C38H56F3NO10. The first-order valence-corrected chi connectivity index (χ1v) is 18.1. The number of halogens is 3. The number of rotatable bonds is 32. The standard InChI is InChI=1S/C38H56F3NO10/c1-2-3-4-5-6-7-8-16-36(43)51-29-27-49-25-23-47-21-19-45-17-18-46-20-22-48-24-26-50-28-30-52-37(44)34-14-9-10-15-35(34)42-33-13-11-12-32(31-33)38(39,40)41/h9-15,31,42H,2-8,16-30H2,1H3. The lowest BCUT2D eigenvalue weighted by molar-refractivity contribution is -0.145. The summed E-state index contributed by atoms with van der Waals surface area (Å²) in [5.41, 5.74) is -0.0938. The van der Waals surface area contributed by atoms with Crippen LogP contribution in [0.5, 0.6) is 0 Å². The summed E-state index contributed by atoms with van der Waals surface area (Å²) in [5, 5.41) is 2.86. The van der Waals surface area contributed by atoms with Gasteiger partial charge in [0.1, 0.15) is 13.2 Å². The molecule has 0 saturated carbocycles. The summed E-state index contributed by atoms with van der Waals surface area (Å²) in [4.78, 5) is 24.3. The fraction of sp³-hybridized carbons (Fsp3) is 0.632. The molecule has 0 heterocycles. The highest BCUT2D eigenvalue weighted by Crippen LogP contribution is 2.32. The summed E-state index contributed by atoms with van der Waals surface area (Å²) >= 11 is 0. The van der Waals surface area contributed by atoms with E-state index in [-0.39, 0.29) is 37.0 Å². The lowest BCUT2D eigenvalue weighted by Gasteiger charge is -2.13. The molecule has 0 aliphatic heterocycles. The molecule has 0 bridgehead atoms. The Labute approximate surface area is 305 Å². The van der Waals surface area contributed by atoms with Crippen LogP contribution < -0.4 is 5.32 Å². The minimum Gasteiger partial charge on any atom is -0.463 e. The van der Waals surface area contributed by atoms with Gasteiger partial charge in [0.2, 0.25) is 0 Å². The Morgan fingerprint density at radius 3 is 1.60 bits per heavy atom. The van der Waals surface area contributed by atoms with Gasteiger partial charge in [0.05, 0.1) is 96.1 Å². The van der Waals surface area contributed by atoms with E-state index in [0.717, 1.165) is 25.0 Å². The van der Waals surface area contributed by atoms with E-state index in [4.69, 9.17) is 37.9 Å². The third kappa shape index (κ3) is 22.6. The van der Waals surface area contributed by atoms with Gasteiger partial charge in [-0.3, -0.25) is 4.79 Å². The van der Waals surface area contributed by atoms with E-state index in [2.05, 4.69) is 12.2 Å². The SMILES string of the molecule is CCCCCCCCCC(=O)OCCOCCOCCOCCOCCOCCOCCOC(=O)c1ccccc1Nc1cccc(C(F)(F)F)c1. The highest BCUT2D eigenvalue weighted by molar-refractivity contribution is 5.96. The Hall–Kier alpha value is -3.27. The van der Waals surface area contributed by atoms with Crippen molar-refractivity contribution in [3.8, 4) is 0 Å². The van der Waals surface area contributed by atoms with Gasteiger partial charge in [-0.2, -0.15) is 13.2 Å². The van der Waals surface area contributed by atoms with Crippen LogP contribution in [-0.2, 0) is 48.9 Å². The van der Waals surface area contributed by atoms with Gasteiger partial charge >= 0.3 is 18.1 Å². The normalized spacial score (nSPS) is 11.5. The lowest BCUT2D eigenvalue weighted by Crippen LogP contribution is -2.16. The fourth-order valence-electron chi connectivity index (χ4n) is 4.68. The van der Waals surface area contributed by atoms with Gasteiger partial charge in [0.25, 0.3) is 0 Å². The maximum Gasteiger partial charge on any atom is 0.416 e. The maximum atomic E-state index is 13.0. The molecule has 14 heteroatoms.